The Labute approximate surface area is 170 Å². The number of carboxylic acids is 1. The maximum atomic E-state index is 12.8. The molecule has 0 saturated carbocycles. The van der Waals surface area contributed by atoms with Crippen LogP contribution in [-0.2, 0) is 30.3 Å². The van der Waals surface area contributed by atoms with Crippen molar-refractivity contribution in [2.75, 3.05) is 27.3 Å². The summed E-state index contributed by atoms with van der Waals surface area (Å²) in [6.07, 6.45) is 0.676. The summed E-state index contributed by atoms with van der Waals surface area (Å²) < 4.78 is 4.95. The van der Waals surface area contributed by atoms with E-state index < -0.39 is 29.2 Å². The van der Waals surface area contributed by atoms with Crippen molar-refractivity contribution in [2.24, 2.45) is 11.7 Å². The highest BCUT2D eigenvalue weighted by Gasteiger charge is 2.42. The maximum Gasteiger partial charge on any atom is 0.339 e. The summed E-state index contributed by atoms with van der Waals surface area (Å²) in [7, 11) is 3.11. The Kier molecular flexibility index (Phi) is 9.27. The Morgan fingerprint density at radius 3 is 2.38 bits per heavy atom. The van der Waals surface area contributed by atoms with E-state index >= 15 is 0 Å². The molecule has 0 unspecified atom stereocenters. The van der Waals surface area contributed by atoms with Crippen LogP contribution < -0.4 is 11.1 Å². The molecule has 0 fully saturated rings. The minimum atomic E-state index is -2.26. The first-order valence-electron chi connectivity index (χ1n) is 9.24. The number of methoxy groups -OCH3 is 1. The van der Waals surface area contributed by atoms with Crippen LogP contribution in [0.15, 0.2) is 30.3 Å². The fourth-order valence-electron chi connectivity index (χ4n) is 2.60. The topological polar surface area (TPSA) is 139 Å². The van der Waals surface area contributed by atoms with Crippen molar-refractivity contribution in [3.05, 3.63) is 35.9 Å². The molecular weight excluding hydrogens is 378 g/mol. The Morgan fingerprint density at radius 1 is 1.24 bits per heavy atom. The number of carbonyl (C=O) groups is 4. The zero-order valence-electron chi connectivity index (χ0n) is 17.0. The van der Waals surface area contributed by atoms with Gasteiger partial charge in [-0.1, -0.05) is 30.3 Å². The van der Waals surface area contributed by atoms with Gasteiger partial charge in [-0.05, 0) is 25.3 Å². The van der Waals surface area contributed by atoms with Gasteiger partial charge in [0.2, 0.25) is 17.4 Å². The maximum absolute atomic E-state index is 12.8. The zero-order chi connectivity index (χ0) is 22.0. The molecule has 0 saturated heterocycles. The number of amides is 3. The third-order valence-corrected chi connectivity index (χ3v) is 4.77. The molecule has 0 aliphatic carbocycles. The van der Waals surface area contributed by atoms with Crippen LogP contribution in [0, 0.1) is 5.92 Å². The van der Waals surface area contributed by atoms with Gasteiger partial charge in [0.05, 0.1) is 6.61 Å². The molecule has 0 bridgehead atoms. The molecule has 1 aromatic rings. The van der Waals surface area contributed by atoms with Gasteiger partial charge in [0, 0.05) is 33.0 Å². The second kappa shape index (κ2) is 11.2. The summed E-state index contributed by atoms with van der Waals surface area (Å²) in [6, 6.07) is 9.39. The molecule has 160 valence electrons. The first-order chi connectivity index (χ1) is 13.6. The first-order valence-corrected chi connectivity index (χ1v) is 9.24. The van der Waals surface area contributed by atoms with Crippen LogP contribution in [0.4, 0.5) is 0 Å². The Balaban J connectivity index is 2.95. The van der Waals surface area contributed by atoms with Crippen LogP contribution in [0.25, 0.3) is 0 Å². The molecule has 0 aliphatic heterocycles. The summed E-state index contributed by atoms with van der Waals surface area (Å²) in [5.74, 6) is -4.58. The van der Waals surface area contributed by atoms with E-state index in [4.69, 9.17) is 10.5 Å². The standard InChI is InChI=1S/C20H29N3O6/c1-20(18(21)26,19(27)28)22-17(25)15(10-9-14-7-5-4-6-8-14)13-16(24)23(2)11-12-29-3/h4-8,15H,9-13H2,1-3H3,(H2,21,26)(H,22,25)(H,27,28)/t15-,20-/m1/s1. The number of likely N-dealkylation sites (N-methyl/N-ethyl adjacent to an activating group) is 1. The summed E-state index contributed by atoms with van der Waals surface area (Å²) in [6.45, 7) is 1.73. The van der Waals surface area contributed by atoms with Crippen molar-refractivity contribution in [1.29, 1.82) is 0 Å². The predicted octanol–water partition coefficient (Wildman–Crippen LogP) is 0.175. The van der Waals surface area contributed by atoms with Gasteiger partial charge in [0.25, 0.3) is 5.91 Å². The van der Waals surface area contributed by atoms with Crippen molar-refractivity contribution in [3.8, 4) is 0 Å². The summed E-state index contributed by atoms with van der Waals surface area (Å²) in [5.41, 5.74) is 3.88. The lowest BCUT2D eigenvalue weighted by Crippen LogP contribution is -2.61. The number of ether oxygens (including phenoxy) is 1. The van der Waals surface area contributed by atoms with Gasteiger partial charge in [-0.15, -0.1) is 0 Å². The lowest BCUT2D eigenvalue weighted by molar-refractivity contribution is -0.152. The molecular formula is C20H29N3O6. The van der Waals surface area contributed by atoms with E-state index in [1.165, 1.54) is 12.0 Å². The third kappa shape index (κ3) is 7.19. The smallest absolute Gasteiger partial charge is 0.339 e. The number of rotatable bonds is 12. The Morgan fingerprint density at radius 2 is 1.86 bits per heavy atom. The van der Waals surface area contributed by atoms with Crippen LogP contribution in [-0.4, -0.2) is 66.5 Å². The van der Waals surface area contributed by atoms with Crippen LogP contribution in [0.1, 0.15) is 25.3 Å². The van der Waals surface area contributed by atoms with Crippen LogP contribution >= 0.6 is 0 Å². The second-order valence-electron chi connectivity index (χ2n) is 7.02. The number of nitrogens with two attached hydrogens (primary N) is 1. The quantitative estimate of drug-likeness (QED) is 0.422. The van der Waals surface area contributed by atoms with E-state index in [1.807, 2.05) is 30.3 Å². The average molecular weight is 407 g/mol. The largest absolute Gasteiger partial charge is 0.479 e. The molecule has 2 atom stereocenters. The number of aliphatic carboxylic acids is 1. The predicted molar refractivity (Wildman–Crippen MR) is 106 cm³/mol. The Hall–Kier alpha value is -2.94. The van der Waals surface area contributed by atoms with Crippen LogP contribution in [0.5, 0.6) is 0 Å². The van der Waals surface area contributed by atoms with Crippen LogP contribution in [0.2, 0.25) is 0 Å². The number of nitrogens with one attached hydrogen (secondary N) is 1. The molecule has 0 heterocycles. The molecule has 0 radical (unpaired) electrons. The number of nitrogens with zero attached hydrogens (tertiary/aromatic N) is 1. The molecule has 0 spiro atoms. The van der Waals surface area contributed by atoms with Gasteiger partial charge in [0.15, 0.2) is 0 Å². The van der Waals surface area contributed by atoms with E-state index in [0.717, 1.165) is 12.5 Å². The van der Waals surface area contributed by atoms with E-state index in [0.29, 0.717) is 26.0 Å². The number of carbonyl (C=O) groups excluding carboxylic acids is 3. The van der Waals surface area contributed by atoms with Crippen LogP contribution in [0.3, 0.4) is 0 Å². The molecule has 1 rings (SSSR count). The zero-order valence-corrected chi connectivity index (χ0v) is 17.0. The number of aryl methyl sites for hydroxylation is 1. The third-order valence-electron chi connectivity index (χ3n) is 4.77. The second-order valence-corrected chi connectivity index (χ2v) is 7.02. The summed E-state index contributed by atoms with van der Waals surface area (Å²) in [5, 5.41) is 11.5. The number of hydrogen-bond acceptors (Lipinski definition) is 5. The molecule has 9 heteroatoms. The molecule has 9 nitrogen and oxygen atoms in total. The average Bonchev–Trinajstić information content (AvgIpc) is 2.69. The molecule has 3 amide bonds. The molecule has 0 aromatic heterocycles. The number of carboxylic acid groups (broad SMARTS) is 1. The lowest BCUT2D eigenvalue weighted by Gasteiger charge is -2.26. The Bertz CT molecular complexity index is 708. The molecule has 29 heavy (non-hydrogen) atoms. The summed E-state index contributed by atoms with van der Waals surface area (Å²) in [4.78, 5) is 49.7. The fraction of sp³-hybridized carbons (Fsp3) is 0.500. The van der Waals surface area contributed by atoms with Gasteiger partial charge in [0.1, 0.15) is 0 Å². The summed E-state index contributed by atoms with van der Waals surface area (Å²) >= 11 is 0. The van der Waals surface area contributed by atoms with Gasteiger partial charge in [-0.2, -0.15) is 0 Å². The normalized spacial score (nSPS) is 13.8. The van der Waals surface area contributed by atoms with Gasteiger partial charge >= 0.3 is 5.97 Å². The minimum absolute atomic E-state index is 0.132. The van der Waals surface area contributed by atoms with Crippen molar-refractivity contribution in [2.45, 2.75) is 31.7 Å². The SMILES string of the molecule is COCCN(C)C(=O)C[C@@H](CCc1ccccc1)C(=O)N[C@](C)(C(N)=O)C(=O)O. The molecule has 4 N–H and O–H groups in total. The number of hydrogen-bond donors (Lipinski definition) is 3. The molecule has 0 aliphatic rings. The van der Waals surface area contributed by atoms with Crippen molar-refractivity contribution in [1.82, 2.24) is 10.2 Å². The molecule has 1 aromatic carbocycles. The van der Waals surface area contributed by atoms with E-state index in [1.54, 1.807) is 7.05 Å². The van der Waals surface area contributed by atoms with Gasteiger partial charge < -0.3 is 25.8 Å². The first kappa shape index (κ1) is 24.1. The van der Waals surface area contributed by atoms with E-state index in [2.05, 4.69) is 5.32 Å². The van der Waals surface area contributed by atoms with Crippen molar-refractivity contribution >= 4 is 23.7 Å². The minimum Gasteiger partial charge on any atom is -0.479 e. The monoisotopic (exact) mass is 407 g/mol. The highest BCUT2D eigenvalue weighted by molar-refractivity contribution is 6.08. The highest BCUT2D eigenvalue weighted by atomic mass is 16.5. The van der Waals surface area contributed by atoms with Gasteiger partial charge in [-0.25, -0.2) is 4.79 Å². The highest BCUT2D eigenvalue weighted by Crippen LogP contribution is 2.17. The van der Waals surface area contributed by atoms with E-state index in [-0.39, 0.29) is 12.3 Å². The fourth-order valence-corrected chi connectivity index (χ4v) is 2.60. The van der Waals surface area contributed by atoms with Crippen molar-refractivity contribution in [3.63, 3.8) is 0 Å². The van der Waals surface area contributed by atoms with E-state index in [9.17, 15) is 24.3 Å². The lowest BCUT2D eigenvalue weighted by atomic mass is 9.92. The van der Waals surface area contributed by atoms with Gasteiger partial charge in [-0.3, -0.25) is 14.4 Å². The van der Waals surface area contributed by atoms with Crippen molar-refractivity contribution < 1.29 is 29.0 Å². The number of primary amides is 1. The number of benzene rings is 1.